The van der Waals surface area contributed by atoms with E-state index < -0.39 is 41.6 Å². The Morgan fingerprint density at radius 3 is 2.32 bits per heavy atom. The van der Waals surface area contributed by atoms with Crippen molar-refractivity contribution in [2.75, 3.05) is 6.54 Å². The summed E-state index contributed by atoms with van der Waals surface area (Å²) in [5.74, 6) is -1.68. The van der Waals surface area contributed by atoms with Crippen LogP contribution in [0.5, 0.6) is 0 Å². The number of aliphatic carboxylic acids is 1. The predicted octanol–water partition coefficient (Wildman–Crippen LogP) is 1.12. The van der Waals surface area contributed by atoms with Gasteiger partial charge in [-0.3, -0.25) is 4.79 Å². The van der Waals surface area contributed by atoms with Gasteiger partial charge in [-0.2, -0.15) is 0 Å². The standard InChI is InChI=1S/C17H28N2O6/c1-17(2,3)13(18-16(24)25-11-6-4-5-7-11)14(21)19-9-10(20)8-12(19)15(22)23/h10-13,20H,4-9H2,1-3H3,(H,18,24)(H,22,23)/t10-,12+,13?/m1/s1. The summed E-state index contributed by atoms with van der Waals surface area (Å²) in [5.41, 5.74) is -0.637. The summed E-state index contributed by atoms with van der Waals surface area (Å²) in [6.45, 7) is 5.30. The molecule has 2 rings (SSSR count). The van der Waals surface area contributed by atoms with Gasteiger partial charge in [0.25, 0.3) is 0 Å². The lowest BCUT2D eigenvalue weighted by molar-refractivity contribution is -0.150. The monoisotopic (exact) mass is 356 g/mol. The minimum absolute atomic E-state index is 0.00947. The van der Waals surface area contributed by atoms with E-state index in [2.05, 4.69) is 5.32 Å². The summed E-state index contributed by atoms with van der Waals surface area (Å²) in [5, 5.41) is 21.7. The van der Waals surface area contributed by atoms with Crippen molar-refractivity contribution >= 4 is 18.0 Å². The summed E-state index contributed by atoms with van der Waals surface area (Å²) in [6, 6.07) is -2.02. The lowest BCUT2D eigenvalue weighted by Gasteiger charge is -2.34. The van der Waals surface area contributed by atoms with Crippen LogP contribution in [0.25, 0.3) is 0 Å². The van der Waals surface area contributed by atoms with Crippen LogP contribution in [0.1, 0.15) is 52.9 Å². The molecule has 1 saturated heterocycles. The minimum Gasteiger partial charge on any atom is -0.480 e. The summed E-state index contributed by atoms with van der Waals surface area (Å²) in [7, 11) is 0. The molecule has 0 aromatic rings. The lowest BCUT2D eigenvalue weighted by atomic mass is 9.85. The maximum atomic E-state index is 12.9. The van der Waals surface area contributed by atoms with Crippen LogP contribution < -0.4 is 5.32 Å². The summed E-state index contributed by atoms with van der Waals surface area (Å²) in [4.78, 5) is 37.6. The minimum atomic E-state index is -1.16. The molecule has 1 unspecified atom stereocenters. The number of aliphatic hydroxyl groups is 1. The fourth-order valence-corrected chi connectivity index (χ4v) is 3.42. The largest absolute Gasteiger partial charge is 0.480 e. The number of carboxylic acids is 1. The molecule has 2 amide bonds. The highest BCUT2D eigenvalue weighted by molar-refractivity contribution is 5.90. The van der Waals surface area contributed by atoms with Crippen molar-refractivity contribution < 1.29 is 29.3 Å². The van der Waals surface area contributed by atoms with Gasteiger partial charge in [0.2, 0.25) is 5.91 Å². The van der Waals surface area contributed by atoms with Crippen molar-refractivity contribution in [3.8, 4) is 0 Å². The van der Waals surface area contributed by atoms with Crippen LogP contribution in [-0.2, 0) is 14.3 Å². The normalized spacial score (nSPS) is 25.7. The molecule has 0 bridgehead atoms. The van der Waals surface area contributed by atoms with Crippen molar-refractivity contribution in [1.29, 1.82) is 0 Å². The van der Waals surface area contributed by atoms with Crippen LogP contribution in [0.4, 0.5) is 4.79 Å². The zero-order chi connectivity index (χ0) is 18.8. The SMILES string of the molecule is CC(C)(C)C(NC(=O)OC1CCCC1)C(=O)N1C[C@H](O)C[C@H]1C(=O)O. The Balaban J connectivity index is 2.09. The highest BCUT2D eigenvalue weighted by Crippen LogP contribution is 2.27. The van der Waals surface area contributed by atoms with Crippen molar-refractivity contribution in [2.45, 2.75) is 77.2 Å². The second-order valence-electron chi connectivity index (χ2n) is 7.99. The fourth-order valence-electron chi connectivity index (χ4n) is 3.42. The lowest BCUT2D eigenvalue weighted by Crippen LogP contribution is -2.57. The van der Waals surface area contributed by atoms with E-state index in [4.69, 9.17) is 4.74 Å². The zero-order valence-electron chi connectivity index (χ0n) is 15.0. The molecule has 25 heavy (non-hydrogen) atoms. The van der Waals surface area contributed by atoms with Crippen LogP contribution in [-0.4, -0.2) is 63.9 Å². The molecule has 0 aromatic heterocycles. The highest BCUT2D eigenvalue weighted by atomic mass is 16.6. The van der Waals surface area contributed by atoms with E-state index in [0.717, 1.165) is 30.6 Å². The molecular weight excluding hydrogens is 328 g/mol. The van der Waals surface area contributed by atoms with Gasteiger partial charge >= 0.3 is 12.1 Å². The summed E-state index contributed by atoms with van der Waals surface area (Å²) >= 11 is 0. The van der Waals surface area contributed by atoms with E-state index in [9.17, 15) is 24.6 Å². The summed E-state index contributed by atoms with van der Waals surface area (Å²) in [6.07, 6.45) is 2.00. The molecule has 1 heterocycles. The number of nitrogens with one attached hydrogen (secondary N) is 1. The zero-order valence-corrected chi connectivity index (χ0v) is 15.0. The third-order valence-corrected chi connectivity index (χ3v) is 4.80. The van der Waals surface area contributed by atoms with Crippen molar-refractivity contribution in [1.82, 2.24) is 10.2 Å². The molecule has 0 aromatic carbocycles. The van der Waals surface area contributed by atoms with Crippen molar-refractivity contribution in [2.24, 2.45) is 5.41 Å². The molecule has 2 aliphatic rings. The maximum Gasteiger partial charge on any atom is 0.408 e. The van der Waals surface area contributed by atoms with Gasteiger partial charge in [-0.1, -0.05) is 20.8 Å². The molecule has 8 heteroatoms. The molecule has 1 aliphatic carbocycles. The third-order valence-electron chi connectivity index (χ3n) is 4.80. The molecule has 2 fully saturated rings. The molecule has 3 N–H and O–H groups in total. The van der Waals surface area contributed by atoms with Crippen LogP contribution in [0.15, 0.2) is 0 Å². The van der Waals surface area contributed by atoms with E-state index in [0.29, 0.717) is 0 Å². The number of carbonyl (C=O) groups is 3. The number of alkyl carbamates (subject to hydrolysis) is 1. The second kappa shape index (κ2) is 7.59. The van der Waals surface area contributed by atoms with Gasteiger partial charge in [0.1, 0.15) is 18.2 Å². The van der Waals surface area contributed by atoms with Crippen LogP contribution >= 0.6 is 0 Å². The maximum absolute atomic E-state index is 12.9. The molecule has 1 saturated carbocycles. The molecule has 0 spiro atoms. The average molecular weight is 356 g/mol. The number of nitrogens with zero attached hydrogens (tertiary/aromatic N) is 1. The average Bonchev–Trinajstić information content (AvgIpc) is 3.12. The Morgan fingerprint density at radius 2 is 1.80 bits per heavy atom. The Labute approximate surface area is 147 Å². The number of β-amino-alcohol motifs (C(OH)–C–C–N with tert-alkyl or cyclic N) is 1. The number of aliphatic hydroxyl groups excluding tert-OH is 1. The predicted molar refractivity (Wildman–Crippen MR) is 88.9 cm³/mol. The van der Waals surface area contributed by atoms with Gasteiger partial charge in [-0.05, 0) is 31.1 Å². The number of carbonyl (C=O) groups excluding carboxylic acids is 2. The van der Waals surface area contributed by atoms with Gasteiger partial charge in [-0.15, -0.1) is 0 Å². The van der Waals surface area contributed by atoms with Crippen molar-refractivity contribution in [3.63, 3.8) is 0 Å². The van der Waals surface area contributed by atoms with E-state index in [1.165, 1.54) is 0 Å². The first-order chi connectivity index (χ1) is 11.6. The topological polar surface area (TPSA) is 116 Å². The van der Waals surface area contributed by atoms with Crippen molar-refractivity contribution in [3.05, 3.63) is 0 Å². The second-order valence-corrected chi connectivity index (χ2v) is 7.99. The number of hydrogen-bond acceptors (Lipinski definition) is 5. The van der Waals surface area contributed by atoms with Gasteiger partial charge in [0.05, 0.1) is 6.10 Å². The van der Waals surface area contributed by atoms with Gasteiger partial charge in [0, 0.05) is 13.0 Å². The van der Waals surface area contributed by atoms with Crippen LogP contribution in [0, 0.1) is 5.41 Å². The fraction of sp³-hybridized carbons (Fsp3) is 0.824. The van der Waals surface area contributed by atoms with E-state index in [-0.39, 0.29) is 19.1 Å². The van der Waals surface area contributed by atoms with E-state index >= 15 is 0 Å². The molecule has 3 atom stereocenters. The molecule has 1 aliphatic heterocycles. The molecular formula is C17H28N2O6. The Bertz CT molecular complexity index is 524. The van der Waals surface area contributed by atoms with Crippen LogP contribution in [0.3, 0.4) is 0 Å². The van der Waals surface area contributed by atoms with Crippen LogP contribution in [0.2, 0.25) is 0 Å². The van der Waals surface area contributed by atoms with E-state index in [1.807, 2.05) is 0 Å². The van der Waals surface area contributed by atoms with Gasteiger partial charge in [0.15, 0.2) is 0 Å². The highest BCUT2D eigenvalue weighted by Gasteiger charge is 2.44. The molecule has 8 nitrogen and oxygen atoms in total. The third kappa shape index (κ3) is 4.84. The Morgan fingerprint density at radius 1 is 1.20 bits per heavy atom. The first-order valence-electron chi connectivity index (χ1n) is 8.78. The number of carboxylic acid groups (broad SMARTS) is 1. The first-order valence-corrected chi connectivity index (χ1v) is 8.78. The Hall–Kier alpha value is -1.83. The number of rotatable bonds is 4. The smallest absolute Gasteiger partial charge is 0.408 e. The summed E-state index contributed by atoms with van der Waals surface area (Å²) < 4.78 is 5.36. The van der Waals surface area contributed by atoms with Gasteiger partial charge < -0.3 is 25.2 Å². The number of hydrogen-bond donors (Lipinski definition) is 3. The van der Waals surface area contributed by atoms with Gasteiger partial charge in [-0.25, -0.2) is 9.59 Å². The quantitative estimate of drug-likeness (QED) is 0.695. The first kappa shape index (κ1) is 19.5. The molecule has 0 radical (unpaired) electrons. The molecule has 142 valence electrons. The number of amides is 2. The Kier molecular flexibility index (Phi) is 5.92. The van der Waals surface area contributed by atoms with E-state index in [1.54, 1.807) is 20.8 Å². The number of ether oxygens (including phenoxy) is 1. The number of likely N-dealkylation sites (tertiary alicyclic amines) is 1.